The number of nitrogen functional groups attached to an aromatic ring is 1. The highest BCUT2D eigenvalue weighted by Crippen LogP contribution is 2.27. The van der Waals surface area contributed by atoms with Crippen LogP contribution in [-0.2, 0) is 13.6 Å². The van der Waals surface area contributed by atoms with Gasteiger partial charge in [0.25, 0.3) is 5.91 Å². The van der Waals surface area contributed by atoms with Crippen molar-refractivity contribution in [2.24, 2.45) is 12.8 Å². The Morgan fingerprint density at radius 1 is 0.955 bits per heavy atom. The molecule has 228 valence electrons. The standard InChI is InChI=1S/C33H38N8O3/c1-39-20-26(18-37-39)25-16-30(31(35)36-17-25)32(42)38-28-10-13-41(21-28)33(43)44-29-7-3-6-24(15-29)23-5-2-4-22(14-23)19-40-11-8-27(34)9-12-40/h2-7,14-18,20,27-28H,8-13,19,21,34H2,1H3,(H2,35,36)(H,38,42)/t28-/m1/s1. The second-order valence-electron chi connectivity index (χ2n) is 11.7. The number of anilines is 1. The van der Waals surface area contributed by atoms with Gasteiger partial charge in [-0.1, -0.05) is 30.3 Å². The predicted molar refractivity (Wildman–Crippen MR) is 169 cm³/mol. The summed E-state index contributed by atoms with van der Waals surface area (Å²) in [6.45, 7) is 3.73. The van der Waals surface area contributed by atoms with E-state index in [2.05, 4.69) is 44.6 Å². The lowest BCUT2D eigenvalue weighted by molar-refractivity contribution is 0.0937. The molecule has 0 unspecified atom stereocenters. The largest absolute Gasteiger partial charge is 0.415 e. The molecule has 0 radical (unpaired) electrons. The number of rotatable bonds is 7. The molecule has 0 bridgehead atoms. The van der Waals surface area contributed by atoms with Crippen LogP contribution in [0, 0.1) is 0 Å². The van der Waals surface area contributed by atoms with Crippen molar-refractivity contribution in [2.45, 2.75) is 37.9 Å². The number of aryl methyl sites for hydroxylation is 1. The molecule has 2 aromatic carbocycles. The van der Waals surface area contributed by atoms with Crippen molar-refractivity contribution >= 4 is 17.8 Å². The number of piperidine rings is 1. The molecular weight excluding hydrogens is 556 g/mol. The molecule has 6 rings (SSSR count). The zero-order valence-corrected chi connectivity index (χ0v) is 24.9. The molecule has 0 aliphatic carbocycles. The summed E-state index contributed by atoms with van der Waals surface area (Å²) in [7, 11) is 1.82. The fourth-order valence-electron chi connectivity index (χ4n) is 5.82. The molecule has 1 atom stereocenters. The maximum absolute atomic E-state index is 13.1. The van der Waals surface area contributed by atoms with Crippen molar-refractivity contribution in [3.05, 3.63) is 84.3 Å². The highest BCUT2D eigenvalue weighted by Gasteiger charge is 2.29. The van der Waals surface area contributed by atoms with Crippen molar-refractivity contribution < 1.29 is 14.3 Å². The zero-order chi connectivity index (χ0) is 30.6. The molecule has 0 spiro atoms. The van der Waals surface area contributed by atoms with Crippen molar-refractivity contribution in [2.75, 3.05) is 31.9 Å². The number of carbonyl (C=O) groups excluding carboxylic acids is 2. The third kappa shape index (κ3) is 6.90. The number of aromatic nitrogens is 3. The van der Waals surface area contributed by atoms with Crippen LogP contribution in [0.25, 0.3) is 22.3 Å². The predicted octanol–water partition coefficient (Wildman–Crippen LogP) is 3.66. The van der Waals surface area contributed by atoms with Crippen LogP contribution in [0.3, 0.4) is 0 Å². The van der Waals surface area contributed by atoms with E-state index in [9.17, 15) is 9.59 Å². The number of nitrogens with zero attached hydrogens (tertiary/aromatic N) is 5. The first kappa shape index (κ1) is 29.3. The highest BCUT2D eigenvalue weighted by atomic mass is 16.6. The minimum absolute atomic E-state index is 0.144. The van der Waals surface area contributed by atoms with Gasteiger partial charge in [-0.3, -0.25) is 14.4 Å². The number of carbonyl (C=O) groups is 2. The minimum Gasteiger partial charge on any atom is -0.410 e. The summed E-state index contributed by atoms with van der Waals surface area (Å²) < 4.78 is 7.44. The maximum Gasteiger partial charge on any atom is 0.415 e. The van der Waals surface area contributed by atoms with Crippen LogP contribution in [0.4, 0.5) is 10.6 Å². The first-order valence-corrected chi connectivity index (χ1v) is 15.0. The van der Waals surface area contributed by atoms with Crippen molar-refractivity contribution in [1.82, 2.24) is 29.9 Å². The van der Waals surface area contributed by atoms with Gasteiger partial charge < -0.3 is 26.4 Å². The van der Waals surface area contributed by atoms with E-state index in [1.54, 1.807) is 34.1 Å². The molecule has 2 saturated heterocycles. The number of ether oxygens (including phenoxy) is 1. The van der Waals surface area contributed by atoms with Crippen LogP contribution in [-0.4, -0.2) is 74.8 Å². The first-order chi connectivity index (χ1) is 21.3. The number of likely N-dealkylation sites (tertiary alicyclic amines) is 2. The lowest BCUT2D eigenvalue weighted by atomic mass is 10.0. The van der Waals surface area contributed by atoms with Crippen LogP contribution in [0.5, 0.6) is 5.75 Å². The number of pyridine rings is 1. The Morgan fingerprint density at radius 2 is 1.73 bits per heavy atom. The Hall–Kier alpha value is -4.74. The van der Waals surface area contributed by atoms with Crippen LogP contribution in [0.2, 0.25) is 0 Å². The van der Waals surface area contributed by atoms with E-state index in [1.165, 1.54) is 5.56 Å². The van der Waals surface area contributed by atoms with E-state index < -0.39 is 6.09 Å². The summed E-state index contributed by atoms with van der Waals surface area (Å²) in [6, 6.07) is 17.8. The van der Waals surface area contributed by atoms with Gasteiger partial charge in [0.2, 0.25) is 0 Å². The van der Waals surface area contributed by atoms with Crippen LogP contribution in [0.15, 0.2) is 73.2 Å². The summed E-state index contributed by atoms with van der Waals surface area (Å²) in [6.07, 6.45) is 7.38. The van der Waals surface area contributed by atoms with Crippen LogP contribution < -0.4 is 21.5 Å². The summed E-state index contributed by atoms with van der Waals surface area (Å²) in [4.78, 5) is 34.4. The fraction of sp³-hybridized carbons (Fsp3) is 0.333. The maximum atomic E-state index is 13.1. The molecule has 44 heavy (non-hydrogen) atoms. The number of amides is 2. The van der Waals surface area contributed by atoms with Gasteiger partial charge in [-0.2, -0.15) is 5.10 Å². The van der Waals surface area contributed by atoms with Crippen molar-refractivity contribution in [3.63, 3.8) is 0 Å². The Bertz CT molecular complexity index is 1650. The molecule has 4 heterocycles. The molecule has 5 N–H and O–H groups in total. The molecule has 11 heteroatoms. The molecule has 0 saturated carbocycles. The molecule has 4 aromatic rings. The highest BCUT2D eigenvalue weighted by molar-refractivity contribution is 5.99. The Balaban J connectivity index is 1.05. The summed E-state index contributed by atoms with van der Waals surface area (Å²) in [5.74, 6) is 0.285. The number of hydrogen-bond acceptors (Lipinski definition) is 8. The van der Waals surface area contributed by atoms with E-state index >= 15 is 0 Å². The normalized spacial score (nSPS) is 17.5. The monoisotopic (exact) mass is 594 g/mol. The average Bonchev–Trinajstić information content (AvgIpc) is 3.68. The molecule has 2 aromatic heterocycles. The van der Waals surface area contributed by atoms with Gasteiger partial charge in [0.1, 0.15) is 11.6 Å². The fourth-order valence-corrected chi connectivity index (χ4v) is 5.82. The molecule has 2 aliphatic rings. The van der Waals surface area contributed by atoms with E-state index in [0.29, 0.717) is 31.3 Å². The lowest BCUT2D eigenvalue weighted by Crippen LogP contribution is -2.39. The average molecular weight is 595 g/mol. The van der Waals surface area contributed by atoms with Crippen molar-refractivity contribution in [3.8, 4) is 28.0 Å². The summed E-state index contributed by atoms with van der Waals surface area (Å²) >= 11 is 0. The van der Waals surface area contributed by atoms with Gasteiger partial charge >= 0.3 is 6.09 Å². The summed E-state index contributed by atoms with van der Waals surface area (Å²) in [5.41, 5.74) is 17.3. The van der Waals surface area contributed by atoms with Gasteiger partial charge in [0, 0.05) is 62.3 Å². The third-order valence-corrected chi connectivity index (χ3v) is 8.32. The third-order valence-electron chi connectivity index (χ3n) is 8.32. The first-order valence-electron chi connectivity index (χ1n) is 15.0. The Morgan fingerprint density at radius 3 is 2.50 bits per heavy atom. The van der Waals surface area contributed by atoms with E-state index in [1.807, 2.05) is 31.4 Å². The Labute approximate surface area is 256 Å². The van der Waals surface area contributed by atoms with Crippen LogP contribution in [0.1, 0.15) is 35.2 Å². The molecule has 11 nitrogen and oxygen atoms in total. The van der Waals surface area contributed by atoms with E-state index in [-0.39, 0.29) is 23.3 Å². The van der Waals surface area contributed by atoms with Gasteiger partial charge in [-0.05, 0) is 73.3 Å². The molecule has 2 amide bonds. The van der Waals surface area contributed by atoms with E-state index in [0.717, 1.165) is 54.7 Å². The van der Waals surface area contributed by atoms with Crippen molar-refractivity contribution in [1.29, 1.82) is 0 Å². The van der Waals surface area contributed by atoms with Crippen LogP contribution >= 0.6 is 0 Å². The molecular formula is C33H38N8O3. The van der Waals surface area contributed by atoms with Gasteiger partial charge in [-0.25, -0.2) is 9.78 Å². The Kier molecular flexibility index (Phi) is 8.58. The second kappa shape index (κ2) is 12.9. The van der Waals surface area contributed by atoms with Gasteiger partial charge in [-0.15, -0.1) is 0 Å². The minimum atomic E-state index is -0.448. The molecule has 2 fully saturated rings. The number of benzene rings is 2. The zero-order valence-electron chi connectivity index (χ0n) is 24.9. The SMILES string of the molecule is Cn1cc(-c2cnc(N)c(C(=O)N[C@@H]3CCN(C(=O)Oc4cccc(-c5cccc(CN6CCC(N)CC6)c5)c4)C3)c2)cn1. The van der Waals surface area contributed by atoms with E-state index in [4.69, 9.17) is 16.2 Å². The smallest absolute Gasteiger partial charge is 0.410 e. The van der Waals surface area contributed by atoms with Gasteiger partial charge in [0.15, 0.2) is 0 Å². The number of nitrogens with one attached hydrogen (secondary N) is 1. The quantitative estimate of drug-likeness (QED) is 0.294. The number of hydrogen-bond donors (Lipinski definition) is 3. The number of nitrogens with two attached hydrogens (primary N) is 2. The second-order valence-corrected chi connectivity index (χ2v) is 11.7. The van der Waals surface area contributed by atoms with Gasteiger partial charge in [0.05, 0.1) is 11.8 Å². The molecule has 2 aliphatic heterocycles. The topological polar surface area (TPSA) is 145 Å². The summed E-state index contributed by atoms with van der Waals surface area (Å²) in [5, 5.41) is 7.17. The lowest BCUT2D eigenvalue weighted by Gasteiger charge is -2.30.